The molecule has 3 heterocycles. The Morgan fingerprint density at radius 2 is 2.08 bits per heavy atom. The van der Waals surface area contributed by atoms with E-state index in [2.05, 4.69) is 34.2 Å². The van der Waals surface area contributed by atoms with E-state index in [0.29, 0.717) is 5.69 Å². The highest BCUT2D eigenvalue weighted by molar-refractivity contribution is 5.92. The van der Waals surface area contributed by atoms with Gasteiger partial charge in [0.25, 0.3) is 5.91 Å². The Bertz CT molecular complexity index is 892. The number of hydrogen-bond acceptors (Lipinski definition) is 3. The van der Waals surface area contributed by atoms with Gasteiger partial charge in [0.05, 0.1) is 18.3 Å². The van der Waals surface area contributed by atoms with Crippen molar-refractivity contribution in [3.8, 4) is 0 Å². The summed E-state index contributed by atoms with van der Waals surface area (Å²) < 4.78 is 1.95. The molecule has 0 saturated heterocycles. The van der Waals surface area contributed by atoms with E-state index >= 15 is 0 Å². The van der Waals surface area contributed by atoms with Crippen LogP contribution in [0.5, 0.6) is 0 Å². The maximum absolute atomic E-state index is 12.9. The first kappa shape index (κ1) is 15.9. The lowest BCUT2D eigenvalue weighted by Crippen LogP contribution is -2.31. The van der Waals surface area contributed by atoms with Gasteiger partial charge in [-0.25, -0.2) is 0 Å². The van der Waals surface area contributed by atoms with E-state index in [9.17, 15) is 4.79 Å². The summed E-state index contributed by atoms with van der Waals surface area (Å²) in [6.07, 6.45) is 0. The first-order chi connectivity index (χ1) is 12.0. The number of rotatable bonds is 3. The van der Waals surface area contributed by atoms with Crippen LogP contribution in [0.15, 0.2) is 36.4 Å². The van der Waals surface area contributed by atoms with Crippen LogP contribution in [0.25, 0.3) is 10.9 Å². The van der Waals surface area contributed by atoms with Gasteiger partial charge in [0.2, 0.25) is 0 Å². The maximum Gasteiger partial charge on any atom is 0.274 e. The lowest BCUT2D eigenvalue weighted by atomic mass is 10.2. The zero-order valence-electron chi connectivity index (χ0n) is 14.9. The van der Waals surface area contributed by atoms with Crippen molar-refractivity contribution in [1.82, 2.24) is 24.6 Å². The van der Waals surface area contributed by atoms with Crippen LogP contribution in [0.2, 0.25) is 0 Å². The normalized spacial score (nSPS) is 16.0. The molecule has 0 fully saturated rings. The van der Waals surface area contributed by atoms with E-state index in [0.717, 1.165) is 41.9 Å². The van der Waals surface area contributed by atoms with Crippen molar-refractivity contribution in [2.45, 2.75) is 26.1 Å². The quantitative estimate of drug-likeness (QED) is 0.799. The molecule has 1 unspecified atom stereocenters. The average Bonchev–Trinajstić information content (AvgIpc) is 3.23. The van der Waals surface area contributed by atoms with Gasteiger partial charge in [-0.15, -0.1) is 0 Å². The molecular weight excluding hydrogens is 314 g/mol. The van der Waals surface area contributed by atoms with Crippen LogP contribution in [0.4, 0.5) is 0 Å². The maximum atomic E-state index is 12.9. The SMILES string of the molecule is CC(c1cc2ccccc2[nH]1)N(C)C(=O)c1cc2n(n1)CCN(C)C2. The summed E-state index contributed by atoms with van der Waals surface area (Å²) in [4.78, 5) is 20.3. The number of likely N-dealkylation sites (N-methyl/N-ethyl adjacent to an activating group) is 1. The molecule has 0 aliphatic carbocycles. The highest BCUT2D eigenvalue weighted by Gasteiger charge is 2.25. The topological polar surface area (TPSA) is 57.2 Å². The molecule has 1 aliphatic heterocycles. The Labute approximate surface area is 147 Å². The number of aromatic amines is 1. The van der Waals surface area contributed by atoms with Gasteiger partial charge in [-0.1, -0.05) is 18.2 Å². The summed E-state index contributed by atoms with van der Waals surface area (Å²) in [6.45, 7) is 4.66. The fourth-order valence-corrected chi connectivity index (χ4v) is 3.39. The molecule has 6 nitrogen and oxygen atoms in total. The van der Waals surface area contributed by atoms with Crippen LogP contribution in [0.3, 0.4) is 0 Å². The first-order valence-electron chi connectivity index (χ1n) is 8.63. The second-order valence-electron chi connectivity index (χ2n) is 6.89. The second kappa shape index (κ2) is 6.04. The average molecular weight is 337 g/mol. The molecule has 0 bridgehead atoms. The van der Waals surface area contributed by atoms with Crippen molar-refractivity contribution >= 4 is 16.8 Å². The van der Waals surface area contributed by atoms with Crippen molar-refractivity contribution in [2.24, 2.45) is 0 Å². The Morgan fingerprint density at radius 1 is 1.28 bits per heavy atom. The predicted octanol–water partition coefficient (Wildman–Crippen LogP) is 2.64. The highest BCUT2D eigenvalue weighted by atomic mass is 16.2. The minimum absolute atomic E-state index is 0.0456. The lowest BCUT2D eigenvalue weighted by molar-refractivity contribution is 0.0733. The molecule has 0 saturated carbocycles. The minimum Gasteiger partial charge on any atom is -0.357 e. The number of carbonyl (C=O) groups is 1. The molecule has 1 aliphatic rings. The van der Waals surface area contributed by atoms with Crippen LogP contribution >= 0.6 is 0 Å². The number of nitrogens with zero attached hydrogens (tertiary/aromatic N) is 4. The van der Waals surface area contributed by atoms with Gasteiger partial charge >= 0.3 is 0 Å². The van der Waals surface area contributed by atoms with Crippen LogP contribution < -0.4 is 0 Å². The van der Waals surface area contributed by atoms with Crippen LogP contribution in [0.1, 0.15) is 34.8 Å². The van der Waals surface area contributed by atoms with Gasteiger partial charge in [0.15, 0.2) is 5.69 Å². The lowest BCUT2D eigenvalue weighted by Gasteiger charge is -2.23. The van der Waals surface area contributed by atoms with E-state index < -0.39 is 0 Å². The number of nitrogens with one attached hydrogen (secondary N) is 1. The van der Waals surface area contributed by atoms with Gasteiger partial charge in [-0.3, -0.25) is 14.4 Å². The number of para-hydroxylation sites is 1. The third-order valence-corrected chi connectivity index (χ3v) is 5.11. The molecule has 0 spiro atoms. The molecule has 6 heteroatoms. The first-order valence-corrected chi connectivity index (χ1v) is 8.63. The number of aromatic nitrogens is 3. The monoisotopic (exact) mass is 337 g/mol. The van der Waals surface area contributed by atoms with E-state index in [1.165, 1.54) is 0 Å². The van der Waals surface area contributed by atoms with Crippen molar-refractivity contribution < 1.29 is 4.79 Å². The fraction of sp³-hybridized carbons (Fsp3) is 0.368. The smallest absolute Gasteiger partial charge is 0.274 e. The van der Waals surface area contributed by atoms with Gasteiger partial charge in [0, 0.05) is 31.3 Å². The standard InChI is InChI=1S/C19H23N5O/c1-13(17-10-14-6-4-5-7-16(14)20-17)23(3)19(25)18-11-15-12-22(2)8-9-24(15)21-18/h4-7,10-11,13,20H,8-9,12H2,1-3H3. The third-order valence-electron chi connectivity index (χ3n) is 5.11. The minimum atomic E-state index is -0.0544. The molecular formula is C19H23N5O. The summed E-state index contributed by atoms with van der Waals surface area (Å²) in [6, 6.07) is 12.1. The molecule has 0 radical (unpaired) electrons. The Hall–Kier alpha value is -2.60. The van der Waals surface area contributed by atoms with Crippen molar-refractivity contribution in [2.75, 3.05) is 20.6 Å². The van der Waals surface area contributed by atoms with Gasteiger partial charge < -0.3 is 9.88 Å². The molecule has 2 aromatic heterocycles. The second-order valence-corrected chi connectivity index (χ2v) is 6.89. The van der Waals surface area contributed by atoms with Crippen LogP contribution in [-0.4, -0.2) is 51.1 Å². The summed E-state index contributed by atoms with van der Waals surface area (Å²) in [5, 5.41) is 5.67. The Balaban J connectivity index is 1.57. The molecule has 1 amide bonds. The number of amides is 1. The predicted molar refractivity (Wildman–Crippen MR) is 97.4 cm³/mol. The van der Waals surface area contributed by atoms with Gasteiger partial charge in [0.1, 0.15) is 0 Å². The molecule has 4 rings (SSSR count). The van der Waals surface area contributed by atoms with Crippen LogP contribution in [-0.2, 0) is 13.1 Å². The van der Waals surface area contributed by atoms with Crippen LogP contribution in [0, 0.1) is 0 Å². The van der Waals surface area contributed by atoms with Crippen molar-refractivity contribution in [1.29, 1.82) is 0 Å². The Kier molecular flexibility index (Phi) is 3.84. The molecule has 130 valence electrons. The van der Waals surface area contributed by atoms with Crippen molar-refractivity contribution in [3.05, 3.63) is 53.5 Å². The summed E-state index contributed by atoms with van der Waals surface area (Å²) in [7, 11) is 3.92. The Morgan fingerprint density at radius 3 is 2.88 bits per heavy atom. The number of fused-ring (bicyclic) bond motifs is 2. The molecule has 1 aromatic carbocycles. The summed E-state index contributed by atoms with van der Waals surface area (Å²) >= 11 is 0. The summed E-state index contributed by atoms with van der Waals surface area (Å²) in [5.74, 6) is -0.0456. The molecule has 3 aromatic rings. The number of benzene rings is 1. The largest absolute Gasteiger partial charge is 0.357 e. The number of carbonyl (C=O) groups excluding carboxylic acids is 1. The van der Waals surface area contributed by atoms with E-state index in [1.54, 1.807) is 4.90 Å². The van der Waals surface area contributed by atoms with Gasteiger partial charge in [-0.2, -0.15) is 5.10 Å². The third kappa shape index (κ3) is 2.82. The fourth-order valence-electron chi connectivity index (χ4n) is 3.39. The van der Waals surface area contributed by atoms with Gasteiger partial charge in [-0.05, 0) is 37.6 Å². The van der Waals surface area contributed by atoms with Crippen molar-refractivity contribution in [3.63, 3.8) is 0 Å². The number of H-pyrrole nitrogens is 1. The highest BCUT2D eigenvalue weighted by Crippen LogP contribution is 2.24. The molecule has 1 atom stereocenters. The summed E-state index contributed by atoms with van der Waals surface area (Å²) in [5.41, 5.74) is 3.74. The number of hydrogen-bond donors (Lipinski definition) is 1. The van der Waals surface area contributed by atoms with E-state index in [-0.39, 0.29) is 11.9 Å². The molecule has 1 N–H and O–H groups in total. The zero-order chi connectivity index (χ0) is 17.6. The molecule has 25 heavy (non-hydrogen) atoms. The van der Waals surface area contributed by atoms with E-state index in [1.807, 2.05) is 42.9 Å². The zero-order valence-corrected chi connectivity index (χ0v) is 14.9. The van der Waals surface area contributed by atoms with E-state index in [4.69, 9.17) is 0 Å².